The minimum absolute atomic E-state index is 0.646. The molecule has 0 radical (unpaired) electrons. The van der Waals surface area contributed by atoms with Crippen LogP contribution in [0.25, 0.3) is 0 Å². The standard InChI is InChI=1S/C78H108N2O47/c1-28(2)56-65(112-43(17)94)67(114-45(19)96)61(50(117-56)24-101-33(7)84)122-76-72-69(127-78(77(99)125-72)22-48(106-37(11)88)54(79-30(4)81)64(126-78)59(110-41(15)92)49(107-38(12)89)23-100-32(6)83)62(53(120-76)27-104-36(10)87)121-73-55(80-31(5)82)63(58(109-40(14)91)51(118-73)25-102-34(8)85)123-75-71(68(115-46(20)97)60(111-42(16)93)52(119-75)26-103-35(9)86)124-74-70(116-47(21)98)66(113-44(18)95)57(29(3)105-74)108-39(13)90/h28-29,48-76H,22-27H2,1-21H3,(H,79,81)(H,80,82)/t29?,48?,49-,50?,51?,52?,53?,54?,55?,56+,57-,58+,59-,60+,61-,62+,63-,64-,65?,66?,67+,68+,69+,70+,71?,72?,73+,74+,75+,76+,78+/m1/s1. The molecule has 7 fully saturated rings. The Morgan fingerprint density at radius 1 is 0.339 bits per heavy atom. The molecule has 1 spiro atoms. The molecule has 712 valence electrons. The van der Waals surface area contributed by atoms with E-state index in [0.29, 0.717) is 0 Å². The molecule has 7 aliphatic heterocycles. The fourth-order valence-corrected chi connectivity index (χ4v) is 15.2. The summed E-state index contributed by atoms with van der Waals surface area (Å²) in [6.45, 7) is 16.3. The van der Waals surface area contributed by atoms with Crippen molar-refractivity contribution in [2.75, 3.05) is 33.0 Å². The molecular weight excluding hydrogens is 1720 g/mol. The fourth-order valence-electron chi connectivity index (χ4n) is 15.2. The highest BCUT2D eigenvalue weighted by molar-refractivity contribution is 5.80. The van der Waals surface area contributed by atoms with E-state index in [1.165, 1.54) is 6.92 Å². The van der Waals surface area contributed by atoms with E-state index in [2.05, 4.69) is 10.6 Å². The molecule has 0 aromatic rings. The smallest absolute Gasteiger partial charge is 0.367 e. The average Bonchev–Trinajstić information content (AvgIpc) is 0.714. The number of esters is 17. The van der Waals surface area contributed by atoms with Crippen molar-refractivity contribution in [2.45, 2.75) is 341 Å². The Labute approximate surface area is 725 Å². The van der Waals surface area contributed by atoms with Crippen LogP contribution in [0, 0.1) is 5.92 Å². The summed E-state index contributed by atoms with van der Waals surface area (Å²) in [5.74, 6) is -25.0. The maximum absolute atomic E-state index is 16.1. The second-order valence-corrected chi connectivity index (χ2v) is 30.5. The summed E-state index contributed by atoms with van der Waals surface area (Å²) >= 11 is 0. The number of ether oxygens (including phenoxy) is 28. The summed E-state index contributed by atoms with van der Waals surface area (Å²) in [5.41, 5.74) is 0. The van der Waals surface area contributed by atoms with Crippen LogP contribution < -0.4 is 10.6 Å². The molecular formula is C78H108N2O47. The minimum atomic E-state index is -3.28. The highest BCUT2D eigenvalue weighted by Gasteiger charge is 2.69. The van der Waals surface area contributed by atoms with Gasteiger partial charge in [-0.2, -0.15) is 0 Å². The van der Waals surface area contributed by atoms with E-state index < -0.39 is 348 Å². The Bertz CT molecular complexity index is 4020. The number of fused-ring (bicyclic) bond motifs is 1. The highest BCUT2D eigenvalue weighted by Crippen LogP contribution is 2.48. The summed E-state index contributed by atoms with van der Waals surface area (Å²) in [6, 6.07) is -4.10. The molecule has 7 rings (SSSR count). The Hall–Kier alpha value is -10.5. The molecule has 0 bridgehead atoms. The van der Waals surface area contributed by atoms with Crippen molar-refractivity contribution in [3.63, 3.8) is 0 Å². The molecule has 2 amide bonds. The van der Waals surface area contributed by atoms with Gasteiger partial charge in [-0.15, -0.1) is 0 Å². The third-order valence-corrected chi connectivity index (χ3v) is 19.5. The van der Waals surface area contributed by atoms with Crippen molar-refractivity contribution in [2.24, 2.45) is 5.92 Å². The number of rotatable bonds is 34. The zero-order chi connectivity index (χ0) is 94.8. The van der Waals surface area contributed by atoms with E-state index in [1.54, 1.807) is 13.8 Å². The first-order chi connectivity index (χ1) is 59.4. The first-order valence-electron chi connectivity index (χ1n) is 39.9. The molecule has 49 nitrogen and oxygen atoms in total. The second-order valence-electron chi connectivity index (χ2n) is 30.5. The van der Waals surface area contributed by atoms with Crippen molar-refractivity contribution < 1.29 is 224 Å². The molecule has 2 N–H and O–H groups in total. The van der Waals surface area contributed by atoms with E-state index in [9.17, 15) is 86.3 Å². The number of nitrogens with one attached hydrogen (secondary N) is 2. The highest BCUT2D eigenvalue weighted by atomic mass is 16.8. The first-order valence-corrected chi connectivity index (χ1v) is 39.9. The van der Waals surface area contributed by atoms with Crippen LogP contribution in [0.5, 0.6) is 0 Å². The quantitative estimate of drug-likeness (QED) is 0.0507. The van der Waals surface area contributed by atoms with Gasteiger partial charge in [-0.25, -0.2) is 4.79 Å². The second kappa shape index (κ2) is 46.0. The maximum atomic E-state index is 16.1. The van der Waals surface area contributed by atoms with Crippen LogP contribution in [0.3, 0.4) is 0 Å². The van der Waals surface area contributed by atoms with Crippen LogP contribution >= 0.6 is 0 Å². The molecule has 7 saturated heterocycles. The monoisotopic (exact) mass is 1820 g/mol. The van der Waals surface area contributed by atoms with Gasteiger partial charge in [0.2, 0.25) is 11.8 Å². The Morgan fingerprint density at radius 3 is 1.17 bits per heavy atom. The molecule has 31 atom stereocenters. The molecule has 7 aliphatic rings. The van der Waals surface area contributed by atoms with Gasteiger partial charge in [0, 0.05) is 125 Å². The van der Waals surface area contributed by atoms with Crippen LogP contribution in [-0.2, 0) is 224 Å². The Morgan fingerprint density at radius 2 is 0.709 bits per heavy atom. The number of hydrogen-bond acceptors (Lipinski definition) is 47. The third kappa shape index (κ3) is 28.7. The summed E-state index contributed by atoms with van der Waals surface area (Å²) in [4.78, 5) is 256. The topological polar surface area (TPSA) is 607 Å². The van der Waals surface area contributed by atoms with Gasteiger partial charge >= 0.3 is 101 Å². The molecule has 49 heteroatoms. The van der Waals surface area contributed by atoms with E-state index in [4.69, 9.17) is 133 Å². The molecule has 7 heterocycles. The molecule has 0 aliphatic carbocycles. The van der Waals surface area contributed by atoms with Gasteiger partial charge in [-0.05, 0) is 12.8 Å². The molecule has 12 unspecified atom stereocenters. The van der Waals surface area contributed by atoms with E-state index in [0.717, 1.165) is 125 Å². The zero-order valence-corrected chi connectivity index (χ0v) is 73.3. The predicted octanol–water partition coefficient (Wildman–Crippen LogP) is -2.26. The van der Waals surface area contributed by atoms with Crippen molar-refractivity contribution >= 4 is 113 Å². The van der Waals surface area contributed by atoms with E-state index >= 15 is 4.79 Å². The Balaban J connectivity index is 1.58. The van der Waals surface area contributed by atoms with Gasteiger partial charge < -0.3 is 143 Å². The fraction of sp³-hybridized carbons (Fsp3) is 0.756. The van der Waals surface area contributed by atoms with Gasteiger partial charge in [0.1, 0.15) is 106 Å². The molecule has 0 aromatic carbocycles. The lowest BCUT2D eigenvalue weighted by Gasteiger charge is -2.56. The van der Waals surface area contributed by atoms with Gasteiger partial charge in [0.15, 0.2) is 98.4 Å². The summed E-state index contributed by atoms with van der Waals surface area (Å²) in [6.07, 6.45) is -58.5. The van der Waals surface area contributed by atoms with Gasteiger partial charge in [0.25, 0.3) is 5.79 Å². The van der Waals surface area contributed by atoms with Crippen molar-refractivity contribution in [3.05, 3.63) is 0 Å². The summed E-state index contributed by atoms with van der Waals surface area (Å²) < 4.78 is 172. The largest absolute Gasteiger partial charge is 0.463 e. The van der Waals surface area contributed by atoms with Crippen molar-refractivity contribution in [3.8, 4) is 0 Å². The van der Waals surface area contributed by atoms with Crippen LogP contribution in [0.1, 0.15) is 152 Å². The molecule has 0 saturated carbocycles. The van der Waals surface area contributed by atoms with Crippen LogP contribution in [0.15, 0.2) is 0 Å². The predicted molar refractivity (Wildman–Crippen MR) is 400 cm³/mol. The third-order valence-electron chi connectivity index (χ3n) is 19.5. The number of amides is 2. The normalized spacial score (nSPS) is 33.6. The van der Waals surface area contributed by atoms with Crippen molar-refractivity contribution in [1.29, 1.82) is 0 Å². The molecule has 127 heavy (non-hydrogen) atoms. The van der Waals surface area contributed by atoms with E-state index in [-0.39, 0.29) is 0 Å². The summed E-state index contributed by atoms with van der Waals surface area (Å²) in [5, 5.41) is 5.11. The Kier molecular flexibility index (Phi) is 37.5. The van der Waals surface area contributed by atoms with Crippen LogP contribution in [0.4, 0.5) is 0 Å². The lowest BCUT2D eigenvalue weighted by Crippen LogP contribution is -2.76. The van der Waals surface area contributed by atoms with Crippen LogP contribution in [-0.4, -0.2) is 336 Å². The SMILES string of the molecule is CC(=O)NC1C(OC(C)=O)C[C@]2(O[C@H]1[C@H](OC(C)=O)[C@@H](COC(C)=O)OC(C)=O)O[C@@H]1C(OC2=O)[C@H](O[C@@H]2C(COC(C)=O)O[C@@H](C(C)C)C(OC(C)=O)[C@H]2OC(C)=O)OC(COC(C)=O)[C@@H]1O[C@@H]1OC(COC(C)=O)[C@H](OC(C)=O)[C@H](O[C@@H]2OC(COC(C)=O)[C@H](OC(C)=O)[C@H](OC(C)=O)C2O[C@@H]2OC(C)[C@@H](OC(C)=O)C(OC(C)=O)[C@@H]2OC(C)=O)C1NC(C)=O. The van der Waals surface area contributed by atoms with Gasteiger partial charge in [0.05, 0.1) is 18.6 Å². The van der Waals surface area contributed by atoms with Gasteiger partial charge in [-0.3, -0.25) is 86.3 Å². The van der Waals surface area contributed by atoms with E-state index in [1.807, 2.05) is 0 Å². The minimum Gasteiger partial charge on any atom is -0.463 e. The van der Waals surface area contributed by atoms with Crippen molar-refractivity contribution in [1.82, 2.24) is 10.6 Å². The summed E-state index contributed by atoms with van der Waals surface area (Å²) in [7, 11) is 0. The lowest BCUT2D eigenvalue weighted by molar-refractivity contribution is -0.420. The lowest BCUT2D eigenvalue weighted by atomic mass is 9.86. The number of carbonyl (C=O) groups excluding carboxylic acids is 19. The number of hydrogen-bond donors (Lipinski definition) is 2. The zero-order valence-electron chi connectivity index (χ0n) is 73.3. The maximum Gasteiger partial charge on any atom is 0.367 e. The van der Waals surface area contributed by atoms with Gasteiger partial charge in [-0.1, -0.05) is 13.8 Å². The van der Waals surface area contributed by atoms with Crippen LogP contribution in [0.2, 0.25) is 0 Å². The average molecular weight is 1830 g/mol. The first kappa shape index (κ1) is 104. The molecule has 0 aromatic heterocycles. The number of carbonyl (C=O) groups is 19.